The molecule has 112 valence electrons. The van der Waals surface area contributed by atoms with Gasteiger partial charge in [-0.05, 0) is 25.0 Å². The molecule has 0 saturated carbocycles. The molecule has 0 fully saturated rings. The Kier molecular flexibility index (Phi) is 4.73. The van der Waals surface area contributed by atoms with Gasteiger partial charge in [-0.15, -0.1) is 0 Å². The van der Waals surface area contributed by atoms with Crippen LogP contribution in [0, 0.1) is 5.92 Å². The monoisotopic (exact) mass is 289 g/mol. The van der Waals surface area contributed by atoms with Gasteiger partial charge >= 0.3 is 5.97 Å². The molecule has 0 aromatic heterocycles. The van der Waals surface area contributed by atoms with E-state index < -0.39 is 17.8 Å². The van der Waals surface area contributed by atoms with Crippen molar-refractivity contribution in [2.24, 2.45) is 5.92 Å². The predicted octanol–water partition coefficient (Wildman–Crippen LogP) is 2.96. The standard InChI is InChI=1S/C16H19NO4/c1-3-5-8-11(4-2)16(20)21-17-14(18)12-9-6-7-10-13(12)15(17)19/h6-7,9-11H,3-5,8H2,1-2H3. The molecule has 1 aliphatic rings. The van der Waals surface area contributed by atoms with Crippen molar-refractivity contribution in [1.29, 1.82) is 0 Å². The van der Waals surface area contributed by atoms with E-state index in [1.807, 2.05) is 13.8 Å². The van der Waals surface area contributed by atoms with Gasteiger partial charge in [-0.25, -0.2) is 4.79 Å². The molecule has 1 aliphatic heterocycles. The Bertz CT molecular complexity index is 532. The van der Waals surface area contributed by atoms with Gasteiger partial charge in [0.05, 0.1) is 17.0 Å². The average molecular weight is 289 g/mol. The first-order valence-corrected chi connectivity index (χ1v) is 7.29. The van der Waals surface area contributed by atoms with Crippen LogP contribution in [0.1, 0.15) is 60.2 Å². The number of benzene rings is 1. The molecule has 5 heteroatoms. The number of imide groups is 1. The lowest BCUT2D eigenvalue weighted by molar-refractivity contribution is -0.174. The first kappa shape index (κ1) is 15.2. The van der Waals surface area contributed by atoms with E-state index in [2.05, 4.69) is 0 Å². The Balaban J connectivity index is 2.09. The van der Waals surface area contributed by atoms with Crippen LogP contribution in [-0.2, 0) is 9.63 Å². The second kappa shape index (κ2) is 6.52. The number of hydrogen-bond donors (Lipinski definition) is 0. The summed E-state index contributed by atoms with van der Waals surface area (Å²) in [5.41, 5.74) is 0.550. The van der Waals surface area contributed by atoms with Gasteiger partial charge in [0.25, 0.3) is 11.8 Å². The summed E-state index contributed by atoms with van der Waals surface area (Å²) >= 11 is 0. The summed E-state index contributed by atoms with van der Waals surface area (Å²) in [7, 11) is 0. The third kappa shape index (κ3) is 2.96. The lowest BCUT2D eigenvalue weighted by Crippen LogP contribution is -2.35. The molecule has 0 aliphatic carbocycles. The second-order valence-corrected chi connectivity index (χ2v) is 5.11. The number of nitrogens with zero attached hydrogens (tertiary/aromatic N) is 1. The van der Waals surface area contributed by atoms with Gasteiger partial charge in [-0.3, -0.25) is 9.59 Å². The highest BCUT2D eigenvalue weighted by Crippen LogP contribution is 2.24. The van der Waals surface area contributed by atoms with Crippen molar-refractivity contribution in [3.63, 3.8) is 0 Å². The van der Waals surface area contributed by atoms with Crippen LogP contribution >= 0.6 is 0 Å². The van der Waals surface area contributed by atoms with Crippen molar-refractivity contribution in [3.05, 3.63) is 35.4 Å². The Hall–Kier alpha value is -2.17. The van der Waals surface area contributed by atoms with Crippen molar-refractivity contribution in [2.45, 2.75) is 39.5 Å². The lowest BCUT2D eigenvalue weighted by atomic mass is 10.00. The maximum atomic E-state index is 12.1. The summed E-state index contributed by atoms with van der Waals surface area (Å²) in [5.74, 6) is -1.95. The Morgan fingerprint density at radius 2 is 1.71 bits per heavy atom. The molecule has 0 N–H and O–H groups in total. The highest BCUT2D eigenvalue weighted by atomic mass is 16.7. The van der Waals surface area contributed by atoms with Crippen LogP contribution in [0.25, 0.3) is 0 Å². The number of hydrogen-bond acceptors (Lipinski definition) is 4. The predicted molar refractivity (Wildman–Crippen MR) is 76.3 cm³/mol. The molecule has 1 heterocycles. The fourth-order valence-corrected chi connectivity index (χ4v) is 2.35. The summed E-state index contributed by atoms with van der Waals surface area (Å²) < 4.78 is 0. The largest absolute Gasteiger partial charge is 0.336 e. The van der Waals surface area contributed by atoms with Gasteiger partial charge in [0.2, 0.25) is 0 Å². The van der Waals surface area contributed by atoms with E-state index in [1.165, 1.54) is 0 Å². The number of carbonyl (C=O) groups excluding carboxylic acids is 3. The first-order chi connectivity index (χ1) is 10.1. The third-order valence-corrected chi connectivity index (χ3v) is 3.67. The van der Waals surface area contributed by atoms with Crippen molar-refractivity contribution >= 4 is 17.8 Å². The molecule has 21 heavy (non-hydrogen) atoms. The van der Waals surface area contributed by atoms with Gasteiger partial charge in [0.15, 0.2) is 0 Å². The molecule has 0 saturated heterocycles. The van der Waals surface area contributed by atoms with E-state index in [0.29, 0.717) is 17.9 Å². The highest BCUT2D eigenvalue weighted by Gasteiger charge is 2.39. The number of hydroxylamine groups is 2. The molecule has 1 unspecified atom stereocenters. The van der Waals surface area contributed by atoms with Gasteiger partial charge < -0.3 is 4.84 Å². The van der Waals surface area contributed by atoms with Crippen LogP contribution in [0.4, 0.5) is 0 Å². The van der Waals surface area contributed by atoms with Crippen molar-refractivity contribution in [3.8, 4) is 0 Å². The summed E-state index contributed by atoms with van der Waals surface area (Å²) in [4.78, 5) is 41.4. The molecule has 2 amide bonds. The van der Waals surface area contributed by atoms with Gasteiger partial charge in [-0.2, -0.15) is 0 Å². The molecule has 5 nitrogen and oxygen atoms in total. The summed E-state index contributed by atoms with van der Waals surface area (Å²) in [6.45, 7) is 3.94. The molecule has 0 spiro atoms. The molecule has 2 rings (SSSR count). The highest BCUT2D eigenvalue weighted by molar-refractivity contribution is 6.20. The second-order valence-electron chi connectivity index (χ2n) is 5.11. The van der Waals surface area contributed by atoms with Crippen LogP contribution in [0.3, 0.4) is 0 Å². The minimum Gasteiger partial charge on any atom is -0.329 e. The van der Waals surface area contributed by atoms with E-state index in [-0.39, 0.29) is 17.0 Å². The summed E-state index contributed by atoms with van der Waals surface area (Å²) in [5, 5.41) is 0.585. The topological polar surface area (TPSA) is 63.7 Å². The average Bonchev–Trinajstić information content (AvgIpc) is 2.74. The van der Waals surface area contributed by atoms with Gasteiger partial charge in [-0.1, -0.05) is 43.9 Å². The number of amides is 2. The van der Waals surface area contributed by atoms with E-state index >= 15 is 0 Å². The fourth-order valence-electron chi connectivity index (χ4n) is 2.35. The molecular formula is C16H19NO4. The maximum absolute atomic E-state index is 12.1. The quantitative estimate of drug-likeness (QED) is 0.755. The van der Waals surface area contributed by atoms with Crippen LogP contribution < -0.4 is 0 Å². The van der Waals surface area contributed by atoms with Crippen LogP contribution in [0.15, 0.2) is 24.3 Å². The Morgan fingerprint density at radius 1 is 1.14 bits per heavy atom. The SMILES string of the molecule is CCCCC(CC)C(=O)ON1C(=O)c2ccccc2C1=O. The van der Waals surface area contributed by atoms with Crippen molar-refractivity contribution in [1.82, 2.24) is 5.06 Å². The molecule has 1 aromatic rings. The van der Waals surface area contributed by atoms with Gasteiger partial charge in [0, 0.05) is 0 Å². The third-order valence-electron chi connectivity index (χ3n) is 3.67. The zero-order chi connectivity index (χ0) is 15.4. The number of fused-ring (bicyclic) bond motifs is 1. The van der Waals surface area contributed by atoms with E-state index in [0.717, 1.165) is 12.8 Å². The zero-order valence-corrected chi connectivity index (χ0v) is 12.3. The minimum atomic E-state index is -0.575. The fraction of sp³-hybridized carbons (Fsp3) is 0.438. The van der Waals surface area contributed by atoms with Crippen LogP contribution in [-0.4, -0.2) is 22.8 Å². The molecule has 1 atom stereocenters. The molecular weight excluding hydrogens is 270 g/mol. The maximum Gasteiger partial charge on any atom is 0.336 e. The van der Waals surface area contributed by atoms with Crippen molar-refractivity contribution < 1.29 is 19.2 Å². The first-order valence-electron chi connectivity index (χ1n) is 7.29. The summed E-state index contributed by atoms with van der Waals surface area (Å²) in [6, 6.07) is 6.45. The summed E-state index contributed by atoms with van der Waals surface area (Å²) in [6.07, 6.45) is 3.23. The molecule has 0 radical (unpaired) electrons. The number of carbonyl (C=O) groups is 3. The molecule has 1 aromatic carbocycles. The number of rotatable bonds is 6. The normalized spacial score (nSPS) is 15.0. The van der Waals surface area contributed by atoms with Crippen LogP contribution in [0.5, 0.6) is 0 Å². The van der Waals surface area contributed by atoms with E-state index in [4.69, 9.17) is 4.84 Å². The lowest BCUT2D eigenvalue weighted by Gasteiger charge is -2.17. The molecule has 0 bridgehead atoms. The van der Waals surface area contributed by atoms with E-state index in [9.17, 15) is 14.4 Å². The van der Waals surface area contributed by atoms with Crippen molar-refractivity contribution in [2.75, 3.05) is 0 Å². The Morgan fingerprint density at radius 3 is 2.19 bits per heavy atom. The Labute approximate surface area is 123 Å². The smallest absolute Gasteiger partial charge is 0.329 e. The number of unbranched alkanes of at least 4 members (excludes halogenated alkanes) is 1. The van der Waals surface area contributed by atoms with E-state index in [1.54, 1.807) is 24.3 Å². The van der Waals surface area contributed by atoms with Gasteiger partial charge in [0.1, 0.15) is 0 Å². The zero-order valence-electron chi connectivity index (χ0n) is 12.3. The minimum absolute atomic E-state index is 0.275. The van der Waals surface area contributed by atoms with Crippen LogP contribution in [0.2, 0.25) is 0 Å².